The molecule has 0 saturated carbocycles. The van der Waals surface area contributed by atoms with Gasteiger partial charge in [-0.1, -0.05) is 83.5 Å². The van der Waals surface area contributed by atoms with E-state index in [2.05, 4.69) is 0 Å². The van der Waals surface area contributed by atoms with Crippen molar-refractivity contribution >= 4 is 11.9 Å². The topological polar surface area (TPSA) is 52.6 Å². The molecule has 0 aromatic heterocycles. The lowest BCUT2D eigenvalue weighted by Crippen LogP contribution is -2.05. The number of hydrogen-bond acceptors (Lipinski definition) is 4. The largest absolute Gasteiger partial charge is 0.466 e. The fraction of sp³-hybridized carbons (Fsp3) is 0.913. The van der Waals surface area contributed by atoms with Crippen molar-refractivity contribution in [1.29, 1.82) is 0 Å². The van der Waals surface area contributed by atoms with Gasteiger partial charge in [0.1, 0.15) is 0 Å². The predicted octanol–water partition coefficient (Wildman–Crippen LogP) is 6.50. The van der Waals surface area contributed by atoms with Gasteiger partial charge < -0.3 is 9.47 Å². The maximum absolute atomic E-state index is 11.7. The summed E-state index contributed by atoms with van der Waals surface area (Å²) in [5.41, 5.74) is 0. The molecule has 4 heteroatoms. The second-order valence-electron chi connectivity index (χ2n) is 7.95. The van der Waals surface area contributed by atoms with Gasteiger partial charge >= 0.3 is 11.9 Å². The zero-order valence-corrected chi connectivity index (χ0v) is 17.5. The van der Waals surface area contributed by atoms with Gasteiger partial charge in [-0.15, -0.1) is 0 Å². The molecule has 1 fully saturated rings. The Kier molecular flexibility index (Phi) is 16.3. The molecule has 0 aliphatic carbocycles. The number of rotatable bonds is 0. The number of cyclic esters (lactones) is 2. The first-order chi connectivity index (χ1) is 13.3. The second-order valence-corrected chi connectivity index (χ2v) is 7.95. The molecular weight excluding hydrogens is 340 g/mol. The summed E-state index contributed by atoms with van der Waals surface area (Å²) in [5.74, 6) is -0.0418. The first-order valence-electron chi connectivity index (χ1n) is 11.6. The minimum absolute atomic E-state index is 0.0209. The van der Waals surface area contributed by atoms with Crippen molar-refractivity contribution in [2.75, 3.05) is 13.2 Å². The zero-order valence-electron chi connectivity index (χ0n) is 17.5. The molecular formula is C23H42O4. The third-order valence-corrected chi connectivity index (χ3v) is 5.33. The lowest BCUT2D eigenvalue weighted by molar-refractivity contribution is -0.144. The van der Waals surface area contributed by atoms with Crippen LogP contribution in [0.3, 0.4) is 0 Å². The molecule has 0 N–H and O–H groups in total. The van der Waals surface area contributed by atoms with Gasteiger partial charge in [-0.25, -0.2) is 0 Å². The molecule has 1 heterocycles. The summed E-state index contributed by atoms with van der Waals surface area (Å²) < 4.78 is 10.6. The van der Waals surface area contributed by atoms with Gasteiger partial charge in [-0.2, -0.15) is 0 Å². The van der Waals surface area contributed by atoms with Gasteiger partial charge in [-0.05, 0) is 25.7 Å². The average molecular weight is 383 g/mol. The van der Waals surface area contributed by atoms with Crippen LogP contribution in [0.15, 0.2) is 0 Å². The van der Waals surface area contributed by atoms with Gasteiger partial charge in [0, 0.05) is 12.8 Å². The van der Waals surface area contributed by atoms with Gasteiger partial charge in [0.15, 0.2) is 0 Å². The molecule has 0 spiro atoms. The molecule has 0 amide bonds. The Labute approximate surface area is 166 Å². The molecule has 1 rings (SSSR count). The van der Waals surface area contributed by atoms with Crippen LogP contribution in [0.2, 0.25) is 0 Å². The Morgan fingerprint density at radius 3 is 0.963 bits per heavy atom. The van der Waals surface area contributed by atoms with E-state index in [1.165, 1.54) is 57.8 Å². The maximum Gasteiger partial charge on any atom is 0.305 e. The SMILES string of the molecule is O=C1CCCCCCCCCCC(=O)OCCCCCCCCCCCO1. The number of carbonyl (C=O) groups excluding carboxylic acids is 2. The van der Waals surface area contributed by atoms with E-state index in [-0.39, 0.29) is 11.9 Å². The molecule has 1 saturated heterocycles. The molecule has 0 bridgehead atoms. The molecule has 0 aromatic rings. The second kappa shape index (κ2) is 18.3. The Hall–Kier alpha value is -1.06. The minimum Gasteiger partial charge on any atom is -0.466 e. The van der Waals surface area contributed by atoms with Crippen LogP contribution < -0.4 is 0 Å². The van der Waals surface area contributed by atoms with E-state index in [4.69, 9.17) is 9.47 Å². The van der Waals surface area contributed by atoms with Gasteiger partial charge in [0.25, 0.3) is 0 Å². The van der Waals surface area contributed by atoms with Gasteiger partial charge in [0.05, 0.1) is 13.2 Å². The molecule has 0 aromatic carbocycles. The highest BCUT2D eigenvalue weighted by atomic mass is 16.5. The third kappa shape index (κ3) is 16.8. The molecule has 158 valence electrons. The molecule has 0 unspecified atom stereocenters. The van der Waals surface area contributed by atoms with Crippen molar-refractivity contribution in [2.45, 2.75) is 122 Å². The molecule has 1 aliphatic rings. The van der Waals surface area contributed by atoms with Crippen molar-refractivity contribution in [3.63, 3.8) is 0 Å². The molecule has 0 atom stereocenters. The summed E-state index contributed by atoms with van der Waals surface area (Å²) in [5, 5.41) is 0. The summed E-state index contributed by atoms with van der Waals surface area (Å²) in [6.07, 6.45) is 20.7. The number of esters is 2. The summed E-state index contributed by atoms with van der Waals surface area (Å²) in [6.45, 7) is 1.19. The predicted molar refractivity (Wildman–Crippen MR) is 110 cm³/mol. The number of hydrogen-bond donors (Lipinski definition) is 0. The Bertz CT molecular complexity index is 333. The van der Waals surface area contributed by atoms with Crippen molar-refractivity contribution in [3.05, 3.63) is 0 Å². The maximum atomic E-state index is 11.7. The van der Waals surface area contributed by atoms with Crippen LogP contribution in [0.1, 0.15) is 122 Å². The smallest absolute Gasteiger partial charge is 0.305 e. The number of ether oxygens (including phenoxy) is 2. The summed E-state index contributed by atoms with van der Waals surface area (Å²) in [4.78, 5) is 23.4. The molecule has 4 nitrogen and oxygen atoms in total. The van der Waals surface area contributed by atoms with Crippen LogP contribution in [0, 0.1) is 0 Å². The Balaban J connectivity index is 2.15. The Morgan fingerprint density at radius 1 is 0.370 bits per heavy atom. The quantitative estimate of drug-likeness (QED) is 0.449. The lowest BCUT2D eigenvalue weighted by Gasteiger charge is -2.05. The van der Waals surface area contributed by atoms with E-state index in [9.17, 15) is 9.59 Å². The summed E-state index contributed by atoms with van der Waals surface area (Å²) in [6, 6.07) is 0. The van der Waals surface area contributed by atoms with Crippen LogP contribution in [0.5, 0.6) is 0 Å². The van der Waals surface area contributed by atoms with Crippen LogP contribution in [0.4, 0.5) is 0 Å². The van der Waals surface area contributed by atoms with E-state index >= 15 is 0 Å². The van der Waals surface area contributed by atoms with Crippen molar-refractivity contribution in [2.24, 2.45) is 0 Å². The van der Waals surface area contributed by atoms with E-state index in [1.54, 1.807) is 0 Å². The van der Waals surface area contributed by atoms with E-state index in [0.717, 1.165) is 51.4 Å². The molecule has 1 aliphatic heterocycles. The third-order valence-electron chi connectivity index (χ3n) is 5.33. The highest BCUT2D eigenvalue weighted by Crippen LogP contribution is 2.13. The molecule has 0 radical (unpaired) electrons. The number of carbonyl (C=O) groups is 2. The molecule has 27 heavy (non-hydrogen) atoms. The zero-order chi connectivity index (χ0) is 19.4. The first kappa shape index (κ1) is 24.0. The summed E-state index contributed by atoms with van der Waals surface area (Å²) in [7, 11) is 0. The van der Waals surface area contributed by atoms with Gasteiger partial charge in [0.2, 0.25) is 0 Å². The monoisotopic (exact) mass is 382 g/mol. The first-order valence-corrected chi connectivity index (χ1v) is 11.6. The normalized spacial score (nSPS) is 22.7. The van der Waals surface area contributed by atoms with Crippen LogP contribution in [-0.2, 0) is 19.1 Å². The summed E-state index contributed by atoms with van der Waals surface area (Å²) >= 11 is 0. The van der Waals surface area contributed by atoms with Crippen molar-refractivity contribution < 1.29 is 19.1 Å². The van der Waals surface area contributed by atoms with Crippen molar-refractivity contribution in [1.82, 2.24) is 0 Å². The Morgan fingerprint density at radius 2 is 0.630 bits per heavy atom. The fourth-order valence-electron chi connectivity index (χ4n) is 3.56. The van der Waals surface area contributed by atoms with Crippen molar-refractivity contribution in [3.8, 4) is 0 Å². The minimum atomic E-state index is -0.0209. The van der Waals surface area contributed by atoms with E-state index < -0.39 is 0 Å². The van der Waals surface area contributed by atoms with Gasteiger partial charge in [-0.3, -0.25) is 9.59 Å². The van der Waals surface area contributed by atoms with Crippen LogP contribution in [-0.4, -0.2) is 25.2 Å². The highest BCUT2D eigenvalue weighted by molar-refractivity contribution is 5.69. The fourth-order valence-corrected chi connectivity index (χ4v) is 3.56. The highest BCUT2D eigenvalue weighted by Gasteiger charge is 2.04. The average Bonchev–Trinajstić information content (AvgIpc) is 2.66. The standard InChI is InChI=1S/C23H42O4/c24-22-18-14-10-6-2-3-7-11-15-19-23(25)27-21-17-13-9-5-1-4-8-12-16-20-26-22/h1-21H2. The van der Waals surface area contributed by atoms with E-state index in [0.29, 0.717) is 26.1 Å². The lowest BCUT2D eigenvalue weighted by atomic mass is 10.1. The van der Waals surface area contributed by atoms with E-state index in [1.807, 2.05) is 0 Å². The van der Waals surface area contributed by atoms with Crippen LogP contribution in [0.25, 0.3) is 0 Å². The van der Waals surface area contributed by atoms with Crippen LogP contribution >= 0.6 is 0 Å².